The van der Waals surface area contributed by atoms with Crippen LogP contribution in [0.25, 0.3) is 5.69 Å². The van der Waals surface area contributed by atoms with Crippen molar-refractivity contribution in [3.8, 4) is 5.69 Å². The molecule has 2 rings (SSSR count). The third kappa shape index (κ3) is 3.61. The third-order valence-corrected chi connectivity index (χ3v) is 2.76. The van der Waals surface area contributed by atoms with Crippen LogP contribution in [0, 0.1) is 6.92 Å². The van der Waals surface area contributed by atoms with Gasteiger partial charge in [0.15, 0.2) is 0 Å². The van der Waals surface area contributed by atoms with Crippen molar-refractivity contribution in [3.05, 3.63) is 42.2 Å². The van der Waals surface area contributed by atoms with E-state index in [9.17, 15) is 0 Å². The molecule has 90 valence electrons. The fourth-order valence-electron chi connectivity index (χ4n) is 1.28. The minimum absolute atomic E-state index is 0.250. The maximum absolute atomic E-state index is 8.58. The highest BCUT2D eigenvalue weighted by molar-refractivity contribution is 7.97. The summed E-state index contributed by atoms with van der Waals surface area (Å²) in [4.78, 5) is 9.66. The molecular formula is C11H14N4OS. The summed E-state index contributed by atoms with van der Waals surface area (Å²) in [6.07, 6.45) is 3.92. The fourth-order valence-corrected chi connectivity index (χ4v) is 1.72. The molecule has 0 unspecified atom stereocenters. The molecule has 0 bridgehead atoms. The zero-order valence-corrected chi connectivity index (χ0v) is 10.2. The van der Waals surface area contributed by atoms with Crippen LogP contribution in [0.3, 0.4) is 0 Å². The third-order valence-electron chi connectivity index (χ3n) is 2.07. The molecule has 0 fully saturated rings. The molecule has 0 saturated heterocycles. The number of aromatic nitrogens is 2. The largest absolute Gasteiger partial charge is 0.372 e. The molecule has 6 heteroatoms. The molecule has 1 aromatic heterocycles. The van der Waals surface area contributed by atoms with Gasteiger partial charge in [-0.25, -0.2) is 4.68 Å². The fraction of sp³-hybridized carbons (Fsp3) is 0.0909. The molecule has 17 heavy (non-hydrogen) atoms. The van der Waals surface area contributed by atoms with Gasteiger partial charge in [-0.2, -0.15) is 5.10 Å². The number of rotatable bonds is 2. The van der Waals surface area contributed by atoms with E-state index in [0.29, 0.717) is 0 Å². The first-order valence-electron chi connectivity index (χ1n) is 4.85. The van der Waals surface area contributed by atoms with Gasteiger partial charge in [-0.3, -0.25) is 9.93 Å². The molecule has 0 aliphatic rings. The molecule has 2 aromatic rings. The van der Waals surface area contributed by atoms with Gasteiger partial charge in [-0.15, -0.1) is 0 Å². The van der Waals surface area contributed by atoms with Crippen LogP contribution in [0.1, 0.15) is 5.56 Å². The Kier molecular flexibility index (Phi) is 5.25. The lowest BCUT2D eigenvalue weighted by molar-refractivity contribution is -0.106. The number of carbonyl (C=O) groups excluding carboxylic acids is 1. The molecule has 0 aliphatic heterocycles. The van der Waals surface area contributed by atoms with Gasteiger partial charge in [0.25, 0.3) is 0 Å². The Balaban J connectivity index is 0.000000437. The Morgan fingerprint density at radius 1 is 1.47 bits per heavy atom. The SMILES string of the molecule is Cc1ccc(-n2cccn2)cc1SN.NC=O. The Bertz CT molecular complexity index is 470. The lowest BCUT2D eigenvalue weighted by atomic mass is 10.2. The first-order valence-corrected chi connectivity index (χ1v) is 5.73. The van der Waals surface area contributed by atoms with Gasteiger partial charge in [-0.1, -0.05) is 6.07 Å². The number of aryl methyl sites for hydroxylation is 1. The number of hydrogen-bond acceptors (Lipinski definition) is 4. The molecule has 1 amide bonds. The van der Waals surface area contributed by atoms with E-state index in [1.54, 1.807) is 6.20 Å². The van der Waals surface area contributed by atoms with E-state index >= 15 is 0 Å². The van der Waals surface area contributed by atoms with Gasteiger partial charge in [-0.05, 0) is 42.6 Å². The minimum Gasteiger partial charge on any atom is -0.372 e. The van der Waals surface area contributed by atoms with Crippen LogP contribution in [-0.4, -0.2) is 16.2 Å². The van der Waals surface area contributed by atoms with Crippen molar-refractivity contribution >= 4 is 18.4 Å². The zero-order valence-electron chi connectivity index (χ0n) is 9.41. The maximum atomic E-state index is 8.58. The second-order valence-corrected chi connectivity index (χ2v) is 3.83. The van der Waals surface area contributed by atoms with Gasteiger partial charge in [0.2, 0.25) is 6.41 Å². The first kappa shape index (κ1) is 13.3. The lowest BCUT2D eigenvalue weighted by Gasteiger charge is -2.05. The zero-order chi connectivity index (χ0) is 12.7. The van der Waals surface area contributed by atoms with E-state index in [1.165, 1.54) is 17.5 Å². The quantitative estimate of drug-likeness (QED) is 0.620. The smallest absolute Gasteiger partial charge is 0.204 e. The summed E-state index contributed by atoms with van der Waals surface area (Å²) >= 11 is 1.27. The number of carbonyl (C=O) groups is 1. The number of nitrogens with zero attached hydrogens (tertiary/aromatic N) is 2. The molecule has 1 heterocycles. The summed E-state index contributed by atoms with van der Waals surface area (Å²) in [7, 11) is 0. The first-order chi connectivity index (χ1) is 8.22. The van der Waals surface area contributed by atoms with Gasteiger partial charge >= 0.3 is 0 Å². The van der Waals surface area contributed by atoms with Gasteiger partial charge in [0.1, 0.15) is 0 Å². The number of benzene rings is 1. The van der Waals surface area contributed by atoms with Crippen molar-refractivity contribution in [2.45, 2.75) is 11.8 Å². The molecule has 4 N–H and O–H groups in total. The molecular weight excluding hydrogens is 236 g/mol. The molecule has 0 radical (unpaired) electrons. The van der Waals surface area contributed by atoms with Gasteiger partial charge in [0, 0.05) is 17.3 Å². The Morgan fingerprint density at radius 2 is 2.18 bits per heavy atom. The standard InChI is InChI=1S/C10H11N3S.CH3NO/c1-8-3-4-9(7-10(8)14-11)13-6-2-5-12-13;2-1-3/h2-7H,11H2,1H3;1H,(H2,2,3). The summed E-state index contributed by atoms with van der Waals surface area (Å²) in [6, 6.07) is 8.01. The minimum atomic E-state index is 0.250. The van der Waals surface area contributed by atoms with Gasteiger partial charge < -0.3 is 5.73 Å². The molecule has 0 spiro atoms. The van der Waals surface area contributed by atoms with E-state index < -0.39 is 0 Å². The van der Waals surface area contributed by atoms with Crippen molar-refractivity contribution in [1.82, 2.24) is 9.78 Å². The summed E-state index contributed by atoms with van der Waals surface area (Å²) in [5.74, 6) is 0. The lowest BCUT2D eigenvalue weighted by Crippen LogP contribution is -1.95. The highest BCUT2D eigenvalue weighted by Crippen LogP contribution is 2.20. The number of nitrogens with two attached hydrogens (primary N) is 2. The topological polar surface area (TPSA) is 86.9 Å². The normalized spacial score (nSPS) is 9.29. The van der Waals surface area contributed by atoms with E-state index in [2.05, 4.69) is 10.8 Å². The highest BCUT2D eigenvalue weighted by Gasteiger charge is 2.00. The predicted molar refractivity (Wildman–Crippen MR) is 68.6 cm³/mol. The number of amides is 1. The Hall–Kier alpha value is -1.79. The van der Waals surface area contributed by atoms with Crippen molar-refractivity contribution in [2.75, 3.05) is 0 Å². The Labute approximate surface area is 104 Å². The summed E-state index contributed by atoms with van der Waals surface area (Å²) < 4.78 is 1.82. The van der Waals surface area contributed by atoms with E-state index in [0.717, 1.165) is 10.6 Å². The monoisotopic (exact) mass is 250 g/mol. The summed E-state index contributed by atoms with van der Waals surface area (Å²) in [5.41, 5.74) is 6.39. The molecule has 0 saturated carbocycles. The average molecular weight is 250 g/mol. The van der Waals surface area contributed by atoms with Crippen LogP contribution in [0.2, 0.25) is 0 Å². The summed E-state index contributed by atoms with van der Waals surface area (Å²) in [6.45, 7) is 2.04. The number of primary amides is 1. The molecule has 0 atom stereocenters. The number of hydrogen-bond donors (Lipinski definition) is 2. The van der Waals surface area contributed by atoms with Crippen LogP contribution in [0.15, 0.2) is 41.6 Å². The van der Waals surface area contributed by atoms with Gasteiger partial charge in [0.05, 0.1) is 5.69 Å². The van der Waals surface area contributed by atoms with E-state index in [-0.39, 0.29) is 6.41 Å². The van der Waals surface area contributed by atoms with Crippen molar-refractivity contribution in [2.24, 2.45) is 10.9 Å². The molecule has 0 aliphatic carbocycles. The molecule has 5 nitrogen and oxygen atoms in total. The predicted octanol–water partition coefficient (Wildman–Crippen LogP) is 1.25. The van der Waals surface area contributed by atoms with E-state index in [4.69, 9.17) is 9.93 Å². The van der Waals surface area contributed by atoms with Crippen molar-refractivity contribution in [3.63, 3.8) is 0 Å². The maximum Gasteiger partial charge on any atom is 0.204 e. The van der Waals surface area contributed by atoms with Crippen LogP contribution < -0.4 is 10.9 Å². The second kappa shape index (κ2) is 6.72. The van der Waals surface area contributed by atoms with Crippen LogP contribution >= 0.6 is 11.9 Å². The van der Waals surface area contributed by atoms with Crippen LogP contribution in [0.4, 0.5) is 0 Å². The Morgan fingerprint density at radius 3 is 2.71 bits per heavy atom. The van der Waals surface area contributed by atoms with E-state index in [1.807, 2.05) is 42.1 Å². The highest BCUT2D eigenvalue weighted by atomic mass is 32.2. The molecule has 1 aromatic carbocycles. The van der Waals surface area contributed by atoms with Crippen molar-refractivity contribution in [1.29, 1.82) is 0 Å². The second-order valence-electron chi connectivity index (χ2n) is 3.15. The van der Waals surface area contributed by atoms with Crippen molar-refractivity contribution < 1.29 is 4.79 Å². The van der Waals surface area contributed by atoms with Crippen LogP contribution in [0.5, 0.6) is 0 Å². The van der Waals surface area contributed by atoms with Crippen LogP contribution in [-0.2, 0) is 4.79 Å². The summed E-state index contributed by atoms with van der Waals surface area (Å²) in [5, 5.41) is 9.72. The average Bonchev–Trinajstić information content (AvgIpc) is 2.84.